The molecule has 1 unspecified atom stereocenters. The van der Waals surface area contributed by atoms with Gasteiger partial charge in [-0.3, -0.25) is 0 Å². The zero-order valence-electron chi connectivity index (χ0n) is 8.62. The molecule has 0 amide bonds. The van der Waals surface area contributed by atoms with E-state index in [9.17, 15) is 0 Å². The van der Waals surface area contributed by atoms with Crippen molar-refractivity contribution in [2.75, 3.05) is 13.1 Å². The lowest BCUT2D eigenvalue weighted by Gasteiger charge is -2.16. The SMILES string of the molecule is C[C@@H](NCC1CCCN1)c1cccs1. The van der Waals surface area contributed by atoms with Gasteiger partial charge in [0.15, 0.2) is 0 Å². The fraction of sp³-hybridized carbons (Fsp3) is 0.636. The monoisotopic (exact) mass is 210 g/mol. The molecule has 2 atom stereocenters. The van der Waals surface area contributed by atoms with Crippen LogP contribution >= 0.6 is 11.3 Å². The third kappa shape index (κ3) is 2.56. The van der Waals surface area contributed by atoms with Crippen molar-refractivity contribution in [2.45, 2.75) is 31.8 Å². The van der Waals surface area contributed by atoms with Gasteiger partial charge in [-0.05, 0) is 37.8 Å². The standard InChI is InChI=1S/C11H18N2S/c1-9(11-5-3-7-14-11)13-8-10-4-2-6-12-10/h3,5,7,9-10,12-13H,2,4,6,8H2,1H3/t9-,10?/m1/s1. The van der Waals surface area contributed by atoms with E-state index in [-0.39, 0.29) is 0 Å². The Balaban J connectivity index is 1.74. The number of thiophene rings is 1. The third-order valence-corrected chi connectivity index (χ3v) is 3.86. The van der Waals surface area contributed by atoms with Gasteiger partial charge >= 0.3 is 0 Å². The van der Waals surface area contributed by atoms with Crippen molar-refractivity contribution in [1.29, 1.82) is 0 Å². The molecule has 0 saturated carbocycles. The summed E-state index contributed by atoms with van der Waals surface area (Å²) in [5.74, 6) is 0. The van der Waals surface area contributed by atoms with Gasteiger partial charge in [0.1, 0.15) is 0 Å². The molecule has 1 aromatic rings. The average Bonchev–Trinajstić information content (AvgIpc) is 2.87. The van der Waals surface area contributed by atoms with Crippen molar-refractivity contribution < 1.29 is 0 Å². The lowest BCUT2D eigenvalue weighted by molar-refractivity contribution is 0.493. The summed E-state index contributed by atoms with van der Waals surface area (Å²) in [5, 5.41) is 9.21. The average molecular weight is 210 g/mol. The molecule has 1 aromatic heterocycles. The normalized spacial score (nSPS) is 23.9. The van der Waals surface area contributed by atoms with Crippen LogP contribution in [0.5, 0.6) is 0 Å². The Morgan fingerprint density at radius 1 is 1.71 bits per heavy atom. The van der Waals surface area contributed by atoms with E-state index in [1.807, 2.05) is 11.3 Å². The number of nitrogens with one attached hydrogen (secondary N) is 2. The van der Waals surface area contributed by atoms with E-state index in [0.29, 0.717) is 12.1 Å². The molecular formula is C11H18N2S. The van der Waals surface area contributed by atoms with E-state index >= 15 is 0 Å². The summed E-state index contributed by atoms with van der Waals surface area (Å²) in [5.41, 5.74) is 0. The van der Waals surface area contributed by atoms with Crippen molar-refractivity contribution in [2.24, 2.45) is 0 Å². The summed E-state index contributed by atoms with van der Waals surface area (Å²) in [7, 11) is 0. The molecule has 3 heteroatoms. The van der Waals surface area contributed by atoms with E-state index < -0.39 is 0 Å². The fourth-order valence-corrected chi connectivity index (χ4v) is 2.65. The molecule has 2 N–H and O–H groups in total. The summed E-state index contributed by atoms with van der Waals surface area (Å²) in [4.78, 5) is 1.43. The third-order valence-electron chi connectivity index (χ3n) is 2.80. The molecule has 78 valence electrons. The van der Waals surface area contributed by atoms with E-state index in [1.54, 1.807) is 0 Å². The first-order valence-corrected chi connectivity index (χ1v) is 6.24. The van der Waals surface area contributed by atoms with Crippen LogP contribution < -0.4 is 10.6 Å². The first-order chi connectivity index (χ1) is 6.86. The Morgan fingerprint density at radius 2 is 2.64 bits per heavy atom. The van der Waals surface area contributed by atoms with Gasteiger partial charge in [0, 0.05) is 23.5 Å². The Kier molecular flexibility index (Phi) is 3.56. The maximum absolute atomic E-state index is 3.57. The first-order valence-electron chi connectivity index (χ1n) is 5.36. The van der Waals surface area contributed by atoms with E-state index in [2.05, 4.69) is 35.1 Å². The van der Waals surface area contributed by atoms with Crippen LogP contribution in [0.1, 0.15) is 30.7 Å². The molecule has 1 aliphatic rings. The molecule has 14 heavy (non-hydrogen) atoms. The molecule has 0 aliphatic carbocycles. The van der Waals surface area contributed by atoms with Crippen molar-refractivity contribution in [3.05, 3.63) is 22.4 Å². The van der Waals surface area contributed by atoms with Crippen molar-refractivity contribution in [1.82, 2.24) is 10.6 Å². The Morgan fingerprint density at radius 3 is 3.29 bits per heavy atom. The highest BCUT2D eigenvalue weighted by molar-refractivity contribution is 7.10. The van der Waals surface area contributed by atoms with Gasteiger partial charge in [-0.2, -0.15) is 0 Å². The Labute approximate surface area is 89.7 Å². The molecule has 0 bridgehead atoms. The maximum Gasteiger partial charge on any atom is 0.0386 e. The quantitative estimate of drug-likeness (QED) is 0.795. The highest BCUT2D eigenvalue weighted by Crippen LogP contribution is 2.18. The minimum atomic E-state index is 0.498. The number of rotatable bonds is 4. The second-order valence-corrected chi connectivity index (χ2v) is 4.92. The van der Waals surface area contributed by atoms with Crippen molar-refractivity contribution in [3.8, 4) is 0 Å². The number of hydrogen-bond acceptors (Lipinski definition) is 3. The minimum Gasteiger partial charge on any atom is -0.313 e. The van der Waals surface area contributed by atoms with Crippen molar-refractivity contribution in [3.63, 3.8) is 0 Å². The van der Waals surface area contributed by atoms with Crippen molar-refractivity contribution >= 4 is 11.3 Å². The zero-order valence-corrected chi connectivity index (χ0v) is 9.44. The lowest BCUT2D eigenvalue weighted by atomic mass is 10.2. The van der Waals surface area contributed by atoms with Gasteiger partial charge in [-0.25, -0.2) is 0 Å². The fourth-order valence-electron chi connectivity index (χ4n) is 1.89. The van der Waals surface area contributed by atoms with Gasteiger partial charge in [0.05, 0.1) is 0 Å². The Bertz CT molecular complexity index is 252. The molecule has 1 aliphatic heterocycles. The van der Waals surface area contributed by atoms with E-state index in [1.165, 1.54) is 24.3 Å². The topological polar surface area (TPSA) is 24.1 Å². The van der Waals surface area contributed by atoms with Crippen LogP contribution in [0, 0.1) is 0 Å². The maximum atomic E-state index is 3.57. The summed E-state index contributed by atoms with van der Waals surface area (Å²) >= 11 is 1.83. The van der Waals surface area contributed by atoms with Crippen LogP contribution in [0.3, 0.4) is 0 Å². The van der Waals surface area contributed by atoms with Gasteiger partial charge in [0.2, 0.25) is 0 Å². The van der Waals surface area contributed by atoms with Crippen LogP contribution in [0.2, 0.25) is 0 Å². The van der Waals surface area contributed by atoms with Gasteiger partial charge in [-0.15, -0.1) is 11.3 Å². The van der Waals surface area contributed by atoms with Crippen LogP contribution in [0.15, 0.2) is 17.5 Å². The summed E-state index contributed by atoms with van der Waals surface area (Å²) in [6, 6.07) is 5.51. The Hall–Kier alpha value is -0.380. The highest BCUT2D eigenvalue weighted by atomic mass is 32.1. The molecule has 0 spiro atoms. The molecule has 1 fully saturated rings. The second kappa shape index (κ2) is 4.91. The first kappa shape index (κ1) is 10.1. The summed E-state index contributed by atoms with van der Waals surface area (Å²) < 4.78 is 0. The lowest BCUT2D eigenvalue weighted by Crippen LogP contribution is -2.34. The summed E-state index contributed by atoms with van der Waals surface area (Å²) in [6.45, 7) is 4.53. The van der Waals surface area contributed by atoms with Crippen LogP contribution in [-0.2, 0) is 0 Å². The smallest absolute Gasteiger partial charge is 0.0386 e. The van der Waals surface area contributed by atoms with Crippen LogP contribution in [-0.4, -0.2) is 19.1 Å². The summed E-state index contributed by atoms with van der Waals surface area (Å²) in [6.07, 6.45) is 2.66. The highest BCUT2D eigenvalue weighted by Gasteiger charge is 2.14. The molecular weight excluding hydrogens is 192 g/mol. The molecule has 1 saturated heterocycles. The predicted molar refractivity (Wildman–Crippen MR) is 61.8 cm³/mol. The molecule has 0 radical (unpaired) electrons. The predicted octanol–water partition coefficient (Wildman–Crippen LogP) is 2.15. The largest absolute Gasteiger partial charge is 0.313 e. The molecule has 2 rings (SSSR count). The second-order valence-electron chi connectivity index (χ2n) is 3.94. The minimum absolute atomic E-state index is 0.498. The van der Waals surface area contributed by atoms with Gasteiger partial charge in [-0.1, -0.05) is 6.07 Å². The van der Waals surface area contributed by atoms with Crippen LogP contribution in [0.4, 0.5) is 0 Å². The van der Waals surface area contributed by atoms with Gasteiger partial charge in [0.25, 0.3) is 0 Å². The van der Waals surface area contributed by atoms with E-state index in [0.717, 1.165) is 6.54 Å². The van der Waals surface area contributed by atoms with Crippen LogP contribution in [0.25, 0.3) is 0 Å². The zero-order chi connectivity index (χ0) is 9.80. The molecule has 0 aromatic carbocycles. The van der Waals surface area contributed by atoms with Gasteiger partial charge < -0.3 is 10.6 Å². The molecule has 2 nitrogen and oxygen atoms in total. The van der Waals surface area contributed by atoms with E-state index in [4.69, 9.17) is 0 Å². The molecule has 2 heterocycles. The number of hydrogen-bond donors (Lipinski definition) is 2.